The van der Waals surface area contributed by atoms with Crippen LogP contribution in [0.25, 0.3) is 0 Å². The van der Waals surface area contributed by atoms with Crippen LogP contribution in [0.5, 0.6) is 5.75 Å². The van der Waals surface area contributed by atoms with Gasteiger partial charge in [0.1, 0.15) is 5.75 Å². The van der Waals surface area contributed by atoms with E-state index in [0.717, 1.165) is 21.3 Å². The number of hydrogen-bond acceptors (Lipinski definition) is 2. The Balaban J connectivity index is 2.08. The zero-order valence-corrected chi connectivity index (χ0v) is 13.3. The minimum Gasteiger partial charge on any atom is -0.491 e. The van der Waals surface area contributed by atoms with Crippen molar-refractivity contribution in [3.8, 4) is 5.75 Å². The molecule has 0 radical (unpaired) electrons. The Morgan fingerprint density at radius 2 is 1.80 bits per heavy atom. The second-order valence-corrected chi connectivity index (χ2v) is 6.00. The largest absolute Gasteiger partial charge is 0.491 e. The third-order valence-electron chi connectivity index (χ3n) is 2.96. The molecule has 20 heavy (non-hydrogen) atoms. The highest BCUT2D eigenvalue weighted by Crippen LogP contribution is 2.23. The van der Waals surface area contributed by atoms with Crippen molar-refractivity contribution in [1.82, 2.24) is 0 Å². The number of rotatable bonds is 5. The molecule has 2 rings (SSSR count). The van der Waals surface area contributed by atoms with Gasteiger partial charge in [-0.25, -0.2) is 0 Å². The van der Waals surface area contributed by atoms with E-state index in [-0.39, 0.29) is 6.10 Å². The van der Waals surface area contributed by atoms with Crippen molar-refractivity contribution >= 4 is 15.9 Å². The fraction of sp³-hybridized carbons (Fsp3) is 0.294. The molecule has 2 aromatic carbocycles. The smallest absolute Gasteiger partial charge is 0.120 e. The molecule has 0 saturated heterocycles. The maximum Gasteiger partial charge on any atom is 0.120 e. The Labute approximate surface area is 128 Å². The van der Waals surface area contributed by atoms with Crippen molar-refractivity contribution in [3.63, 3.8) is 0 Å². The monoisotopic (exact) mass is 334 g/mol. The third kappa shape index (κ3) is 4.36. The molecule has 2 nitrogen and oxygen atoms in total. The summed E-state index contributed by atoms with van der Waals surface area (Å²) in [4.78, 5) is 0. The van der Waals surface area contributed by atoms with E-state index in [1.807, 2.05) is 62.4 Å². The fourth-order valence-corrected chi connectivity index (χ4v) is 2.29. The molecule has 2 aromatic rings. The number of halogens is 1. The van der Waals surface area contributed by atoms with Gasteiger partial charge in [-0.15, -0.1) is 0 Å². The van der Waals surface area contributed by atoms with Gasteiger partial charge in [0, 0.05) is 10.9 Å². The van der Waals surface area contributed by atoms with E-state index in [1.165, 1.54) is 0 Å². The Kier molecular flexibility index (Phi) is 5.21. The lowest BCUT2D eigenvalue weighted by molar-refractivity contribution is 0.177. The average Bonchev–Trinajstić information content (AvgIpc) is 2.41. The Morgan fingerprint density at radius 1 is 1.10 bits per heavy atom. The Bertz CT molecular complexity index is 549. The lowest BCUT2D eigenvalue weighted by Crippen LogP contribution is -2.07. The van der Waals surface area contributed by atoms with Crippen LogP contribution >= 0.6 is 15.9 Å². The molecular formula is C17H19BrO2. The van der Waals surface area contributed by atoms with Gasteiger partial charge in [0.25, 0.3) is 0 Å². The van der Waals surface area contributed by atoms with Crippen LogP contribution in [0.15, 0.2) is 53.0 Å². The Morgan fingerprint density at radius 3 is 2.45 bits per heavy atom. The zero-order valence-electron chi connectivity index (χ0n) is 11.7. The molecule has 0 spiro atoms. The first kappa shape index (κ1) is 15.1. The highest BCUT2D eigenvalue weighted by molar-refractivity contribution is 9.10. The van der Waals surface area contributed by atoms with Crippen molar-refractivity contribution in [1.29, 1.82) is 0 Å². The number of benzene rings is 2. The predicted octanol–water partition coefficient (Wildman–Crippen LogP) is 4.51. The second-order valence-electron chi connectivity index (χ2n) is 5.09. The van der Waals surface area contributed by atoms with Crippen LogP contribution in [0.1, 0.15) is 31.1 Å². The minimum atomic E-state index is -0.521. The van der Waals surface area contributed by atoms with Gasteiger partial charge in [-0.2, -0.15) is 0 Å². The van der Waals surface area contributed by atoms with Crippen LogP contribution in [-0.4, -0.2) is 11.2 Å². The van der Waals surface area contributed by atoms with Crippen molar-refractivity contribution in [2.24, 2.45) is 0 Å². The highest BCUT2D eigenvalue weighted by atomic mass is 79.9. The normalized spacial score (nSPS) is 12.4. The molecule has 0 aliphatic heterocycles. The van der Waals surface area contributed by atoms with Crippen LogP contribution in [0.3, 0.4) is 0 Å². The number of aliphatic hydroxyl groups excluding tert-OH is 1. The van der Waals surface area contributed by atoms with Crippen LogP contribution < -0.4 is 4.74 Å². The van der Waals surface area contributed by atoms with Gasteiger partial charge < -0.3 is 9.84 Å². The van der Waals surface area contributed by atoms with Gasteiger partial charge in [0.2, 0.25) is 0 Å². The molecule has 0 saturated carbocycles. The molecule has 0 aromatic heterocycles. The van der Waals surface area contributed by atoms with Gasteiger partial charge in [0.05, 0.1) is 12.2 Å². The van der Waals surface area contributed by atoms with Gasteiger partial charge in [-0.3, -0.25) is 0 Å². The lowest BCUT2D eigenvalue weighted by Gasteiger charge is -2.14. The molecular weight excluding hydrogens is 316 g/mol. The van der Waals surface area contributed by atoms with E-state index in [1.54, 1.807) is 0 Å². The van der Waals surface area contributed by atoms with E-state index in [0.29, 0.717) is 6.42 Å². The predicted molar refractivity (Wildman–Crippen MR) is 85.0 cm³/mol. The van der Waals surface area contributed by atoms with Gasteiger partial charge in [-0.1, -0.05) is 40.2 Å². The molecule has 0 amide bonds. The summed E-state index contributed by atoms with van der Waals surface area (Å²) in [6.45, 7) is 3.98. The molecule has 0 bridgehead atoms. The van der Waals surface area contributed by atoms with E-state index in [2.05, 4.69) is 15.9 Å². The van der Waals surface area contributed by atoms with E-state index in [4.69, 9.17) is 4.74 Å². The van der Waals surface area contributed by atoms with Crippen LogP contribution in [0.4, 0.5) is 0 Å². The molecule has 0 aliphatic rings. The summed E-state index contributed by atoms with van der Waals surface area (Å²) >= 11 is 3.41. The van der Waals surface area contributed by atoms with Gasteiger partial charge in [0.15, 0.2) is 0 Å². The van der Waals surface area contributed by atoms with E-state index < -0.39 is 6.10 Å². The van der Waals surface area contributed by atoms with Gasteiger partial charge in [-0.05, 0) is 49.2 Å². The summed E-state index contributed by atoms with van der Waals surface area (Å²) in [6.07, 6.45) is 0.207. The van der Waals surface area contributed by atoms with Crippen LogP contribution in [0, 0.1) is 0 Å². The first-order valence-electron chi connectivity index (χ1n) is 6.73. The fourth-order valence-electron chi connectivity index (χ4n) is 2.03. The van der Waals surface area contributed by atoms with E-state index in [9.17, 15) is 5.11 Å². The molecule has 106 valence electrons. The van der Waals surface area contributed by atoms with Crippen molar-refractivity contribution in [3.05, 3.63) is 64.1 Å². The van der Waals surface area contributed by atoms with Crippen molar-refractivity contribution in [2.75, 3.05) is 0 Å². The van der Waals surface area contributed by atoms with Crippen molar-refractivity contribution in [2.45, 2.75) is 32.5 Å². The quantitative estimate of drug-likeness (QED) is 0.871. The zero-order chi connectivity index (χ0) is 14.5. The SMILES string of the molecule is CC(C)Oc1cccc(C(O)Cc2ccc(Br)cc2)c1. The molecule has 3 heteroatoms. The Hall–Kier alpha value is -1.32. The summed E-state index contributed by atoms with van der Waals surface area (Å²) in [6, 6.07) is 15.7. The third-order valence-corrected chi connectivity index (χ3v) is 3.49. The highest BCUT2D eigenvalue weighted by Gasteiger charge is 2.10. The number of hydrogen-bond donors (Lipinski definition) is 1. The summed E-state index contributed by atoms with van der Waals surface area (Å²) in [5, 5.41) is 10.3. The van der Waals surface area contributed by atoms with Crippen LogP contribution in [0.2, 0.25) is 0 Å². The second kappa shape index (κ2) is 6.91. The molecule has 0 aliphatic carbocycles. The van der Waals surface area contributed by atoms with Crippen LogP contribution in [-0.2, 0) is 6.42 Å². The number of aliphatic hydroxyl groups is 1. The van der Waals surface area contributed by atoms with E-state index >= 15 is 0 Å². The topological polar surface area (TPSA) is 29.5 Å². The van der Waals surface area contributed by atoms with Gasteiger partial charge >= 0.3 is 0 Å². The summed E-state index contributed by atoms with van der Waals surface area (Å²) in [5.41, 5.74) is 1.99. The summed E-state index contributed by atoms with van der Waals surface area (Å²) in [5.74, 6) is 0.798. The lowest BCUT2D eigenvalue weighted by atomic mass is 10.0. The molecule has 0 fully saturated rings. The summed E-state index contributed by atoms with van der Waals surface area (Å²) in [7, 11) is 0. The molecule has 1 atom stereocenters. The molecule has 1 N–H and O–H groups in total. The maximum atomic E-state index is 10.3. The molecule has 0 heterocycles. The molecule has 1 unspecified atom stereocenters. The maximum absolute atomic E-state index is 10.3. The standard InChI is InChI=1S/C17H19BrO2/c1-12(2)20-16-5-3-4-14(11-16)17(19)10-13-6-8-15(18)9-7-13/h3-9,11-12,17,19H,10H2,1-2H3. The van der Waals surface area contributed by atoms with Crippen molar-refractivity contribution < 1.29 is 9.84 Å². The first-order valence-corrected chi connectivity index (χ1v) is 7.53. The first-order chi connectivity index (χ1) is 9.54. The summed E-state index contributed by atoms with van der Waals surface area (Å²) < 4.78 is 6.70. The average molecular weight is 335 g/mol. The number of ether oxygens (including phenoxy) is 1. The minimum absolute atomic E-state index is 0.133.